The molecule has 1 amide bonds. The third kappa shape index (κ3) is 4.17. The molecule has 5 heteroatoms. The van der Waals surface area contributed by atoms with Crippen molar-refractivity contribution in [2.45, 2.75) is 45.7 Å². The molecule has 0 bridgehead atoms. The van der Waals surface area contributed by atoms with Crippen molar-refractivity contribution in [3.63, 3.8) is 0 Å². The lowest BCUT2D eigenvalue weighted by Crippen LogP contribution is -2.44. The van der Waals surface area contributed by atoms with Gasteiger partial charge in [-0.05, 0) is 30.4 Å². The molecule has 0 saturated carbocycles. The minimum atomic E-state index is -0.438. The third-order valence-electron chi connectivity index (χ3n) is 4.27. The number of anilines is 1. The highest BCUT2D eigenvalue weighted by molar-refractivity contribution is 5.81. The van der Waals surface area contributed by atoms with E-state index >= 15 is 0 Å². The molecule has 0 aliphatic carbocycles. The van der Waals surface area contributed by atoms with Gasteiger partial charge in [0, 0.05) is 25.8 Å². The molecule has 1 aliphatic rings. The highest BCUT2D eigenvalue weighted by Gasteiger charge is 2.19. The van der Waals surface area contributed by atoms with Gasteiger partial charge in [0.15, 0.2) is 0 Å². The predicted molar refractivity (Wildman–Crippen MR) is 85.0 cm³/mol. The van der Waals surface area contributed by atoms with Crippen LogP contribution in [0.5, 0.6) is 0 Å². The van der Waals surface area contributed by atoms with Crippen molar-refractivity contribution in [2.75, 3.05) is 18.0 Å². The molecule has 116 valence electrons. The SMILES string of the molecule is CCC(C)C(N)C(=O)NCc1ccc(N2CCCC2)nc1. The maximum atomic E-state index is 11.9. The zero-order valence-corrected chi connectivity index (χ0v) is 13.0. The molecule has 1 fully saturated rings. The van der Waals surface area contributed by atoms with Gasteiger partial charge in [0.05, 0.1) is 6.04 Å². The maximum Gasteiger partial charge on any atom is 0.237 e. The number of hydrogen-bond donors (Lipinski definition) is 2. The lowest BCUT2D eigenvalue weighted by Gasteiger charge is -2.18. The summed E-state index contributed by atoms with van der Waals surface area (Å²) in [6.07, 6.45) is 5.23. The van der Waals surface area contributed by atoms with E-state index in [9.17, 15) is 4.79 Å². The fraction of sp³-hybridized carbons (Fsp3) is 0.625. The number of aromatic nitrogens is 1. The Morgan fingerprint density at radius 1 is 1.43 bits per heavy atom. The molecule has 3 N–H and O–H groups in total. The van der Waals surface area contributed by atoms with Gasteiger partial charge in [-0.15, -0.1) is 0 Å². The van der Waals surface area contributed by atoms with Crippen LogP contribution in [0.3, 0.4) is 0 Å². The number of pyridine rings is 1. The van der Waals surface area contributed by atoms with Crippen LogP contribution >= 0.6 is 0 Å². The molecule has 2 heterocycles. The smallest absolute Gasteiger partial charge is 0.237 e. The van der Waals surface area contributed by atoms with Crippen LogP contribution in [0.15, 0.2) is 18.3 Å². The first kappa shape index (κ1) is 15.8. The Kier molecular flexibility index (Phi) is 5.56. The van der Waals surface area contributed by atoms with E-state index in [1.54, 1.807) is 0 Å². The topological polar surface area (TPSA) is 71.2 Å². The molecule has 5 nitrogen and oxygen atoms in total. The number of amides is 1. The first-order valence-corrected chi connectivity index (χ1v) is 7.85. The lowest BCUT2D eigenvalue weighted by atomic mass is 9.99. The molecule has 1 aromatic heterocycles. The van der Waals surface area contributed by atoms with Gasteiger partial charge >= 0.3 is 0 Å². The Hall–Kier alpha value is -1.62. The standard InChI is InChI=1S/C16H26N4O/c1-3-12(2)15(17)16(21)19-11-13-6-7-14(18-10-13)20-8-4-5-9-20/h6-7,10,12,15H,3-5,8-9,11,17H2,1-2H3,(H,19,21). The minimum absolute atomic E-state index is 0.0898. The summed E-state index contributed by atoms with van der Waals surface area (Å²) in [5, 5.41) is 2.89. The second-order valence-electron chi connectivity index (χ2n) is 5.85. The summed E-state index contributed by atoms with van der Waals surface area (Å²) in [6, 6.07) is 3.61. The zero-order chi connectivity index (χ0) is 15.2. The molecule has 0 aromatic carbocycles. The van der Waals surface area contributed by atoms with E-state index in [2.05, 4.69) is 15.2 Å². The monoisotopic (exact) mass is 290 g/mol. The number of nitrogens with zero attached hydrogens (tertiary/aromatic N) is 2. The molecule has 2 rings (SSSR count). The van der Waals surface area contributed by atoms with Gasteiger partial charge in [-0.25, -0.2) is 4.98 Å². The van der Waals surface area contributed by atoms with Crippen LogP contribution in [-0.4, -0.2) is 30.0 Å². The van der Waals surface area contributed by atoms with Crippen LogP contribution < -0.4 is 16.0 Å². The maximum absolute atomic E-state index is 11.9. The number of carbonyl (C=O) groups excluding carboxylic acids is 1. The number of nitrogens with one attached hydrogen (secondary N) is 1. The highest BCUT2D eigenvalue weighted by atomic mass is 16.2. The summed E-state index contributed by atoms with van der Waals surface area (Å²) in [5.74, 6) is 1.13. The Morgan fingerprint density at radius 2 is 2.14 bits per heavy atom. The van der Waals surface area contributed by atoms with Crippen LogP contribution in [0.1, 0.15) is 38.7 Å². The number of nitrogens with two attached hydrogens (primary N) is 1. The molecule has 0 radical (unpaired) electrons. The summed E-state index contributed by atoms with van der Waals surface area (Å²) < 4.78 is 0. The highest BCUT2D eigenvalue weighted by Crippen LogP contribution is 2.17. The van der Waals surface area contributed by atoms with E-state index in [-0.39, 0.29) is 11.8 Å². The summed E-state index contributed by atoms with van der Waals surface area (Å²) >= 11 is 0. The Bertz CT molecular complexity index is 454. The van der Waals surface area contributed by atoms with Gasteiger partial charge in [-0.1, -0.05) is 26.3 Å². The summed E-state index contributed by atoms with van der Waals surface area (Å²) in [6.45, 7) is 6.70. The van der Waals surface area contributed by atoms with E-state index in [4.69, 9.17) is 5.73 Å². The summed E-state index contributed by atoms with van der Waals surface area (Å²) in [5.41, 5.74) is 6.91. The van der Waals surface area contributed by atoms with Crippen molar-refractivity contribution < 1.29 is 4.79 Å². The quantitative estimate of drug-likeness (QED) is 0.836. The van der Waals surface area contributed by atoms with E-state index in [1.807, 2.05) is 32.2 Å². The molecule has 1 aliphatic heterocycles. The fourth-order valence-corrected chi connectivity index (χ4v) is 2.47. The van der Waals surface area contributed by atoms with Gasteiger partial charge in [-0.3, -0.25) is 4.79 Å². The van der Waals surface area contributed by atoms with Crippen molar-refractivity contribution in [2.24, 2.45) is 11.7 Å². The largest absolute Gasteiger partial charge is 0.357 e. The average molecular weight is 290 g/mol. The molecular weight excluding hydrogens is 264 g/mol. The Balaban J connectivity index is 1.84. The van der Waals surface area contributed by atoms with Crippen molar-refractivity contribution >= 4 is 11.7 Å². The van der Waals surface area contributed by atoms with E-state index in [1.165, 1.54) is 12.8 Å². The number of hydrogen-bond acceptors (Lipinski definition) is 4. The Morgan fingerprint density at radius 3 is 2.71 bits per heavy atom. The van der Waals surface area contributed by atoms with Gasteiger partial charge in [-0.2, -0.15) is 0 Å². The van der Waals surface area contributed by atoms with Crippen LogP contribution in [0.4, 0.5) is 5.82 Å². The molecule has 1 aromatic rings. The second-order valence-corrected chi connectivity index (χ2v) is 5.85. The third-order valence-corrected chi connectivity index (χ3v) is 4.27. The van der Waals surface area contributed by atoms with Gasteiger partial charge in [0.2, 0.25) is 5.91 Å². The van der Waals surface area contributed by atoms with Crippen LogP contribution in [0.25, 0.3) is 0 Å². The van der Waals surface area contributed by atoms with Crippen molar-refractivity contribution in [3.05, 3.63) is 23.9 Å². The molecule has 21 heavy (non-hydrogen) atoms. The average Bonchev–Trinajstić information content (AvgIpc) is 3.06. The van der Waals surface area contributed by atoms with E-state index in [0.29, 0.717) is 6.54 Å². The normalized spacial score (nSPS) is 17.6. The van der Waals surface area contributed by atoms with Gasteiger partial charge in [0.1, 0.15) is 5.82 Å². The van der Waals surface area contributed by atoms with Crippen LogP contribution in [-0.2, 0) is 11.3 Å². The van der Waals surface area contributed by atoms with Crippen molar-refractivity contribution in [1.29, 1.82) is 0 Å². The molecule has 1 saturated heterocycles. The van der Waals surface area contributed by atoms with Crippen LogP contribution in [0.2, 0.25) is 0 Å². The van der Waals surface area contributed by atoms with Crippen molar-refractivity contribution in [3.8, 4) is 0 Å². The molecular formula is C16H26N4O. The molecule has 2 atom stereocenters. The molecule has 2 unspecified atom stereocenters. The first-order valence-electron chi connectivity index (χ1n) is 7.85. The van der Waals surface area contributed by atoms with E-state index in [0.717, 1.165) is 30.9 Å². The fourth-order valence-electron chi connectivity index (χ4n) is 2.47. The van der Waals surface area contributed by atoms with E-state index < -0.39 is 6.04 Å². The van der Waals surface area contributed by atoms with Gasteiger partial charge < -0.3 is 16.0 Å². The molecule has 0 spiro atoms. The summed E-state index contributed by atoms with van der Waals surface area (Å²) in [4.78, 5) is 18.7. The zero-order valence-electron chi connectivity index (χ0n) is 13.0. The van der Waals surface area contributed by atoms with Crippen molar-refractivity contribution in [1.82, 2.24) is 10.3 Å². The summed E-state index contributed by atoms with van der Waals surface area (Å²) in [7, 11) is 0. The second kappa shape index (κ2) is 7.41. The van der Waals surface area contributed by atoms with Crippen LogP contribution in [0, 0.1) is 5.92 Å². The predicted octanol–water partition coefficient (Wildman–Crippen LogP) is 1.67. The minimum Gasteiger partial charge on any atom is -0.357 e. The number of carbonyl (C=O) groups is 1. The lowest BCUT2D eigenvalue weighted by molar-refractivity contribution is -0.123. The first-order chi connectivity index (χ1) is 10.1. The number of rotatable bonds is 6. The Labute approximate surface area is 126 Å². The van der Waals surface area contributed by atoms with Gasteiger partial charge in [0.25, 0.3) is 0 Å².